The van der Waals surface area contributed by atoms with E-state index in [1.54, 1.807) is 0 Å². The van der Waals surface area contributed by atoms with Gasteiger partial charge in [0.05, 0.1) is 0 Å². The Kier molecular flexibility index (Phi) is 14.3. The van der Waals surface area contributed by atoms with Crippen molar-refractivity contribution in [2.24, 2.45) is 11.7 Å². The number of nitrogens with two attached hydrogens (primary N) is 1. The van der Waals surface area contributed by atoms with Gasteiger partial charge in [0.1, 0.15) is 0 Å². The molecule has 1 rings (SSSR count). The summed E-state index contributed by atoms with van der Waals surface area (Å²) in [5, 5.41) is 0. The third kappa shape index (κ3) is 9.77. The zero-order chi connectivity index (χ0) is 17.7. The molecule has 0 aromatic rings. The molecular weight excluding hydrogens is 278 g/mol. The van der Waals surface area contributed by atoms with E-state index >= 15 is 0 Å². The second-order valence-corrected chi connectivity index (χ2v) is 5.69. The first kappa shape index (κ1) is 23.2. The first-order valence-corrected chi connectivity index (χ1v) is 8.56. The number of amides is 2. The van der Waals surface area contributed by atoms with Crippen molar-refractivity contribution in [3.05, 3.63) is 0 Å². The molecule has 1 fully saturated rings. The topological polar surface area (TPSA) is 66.6 Å². The number of hydrogen-bond donors (Lipinski definition) is 1. The van der Waals surface area contributed by atoms with Crippen LogP contribution in [0.3, 0.4) is 0 Å². The molecule has 0 bridgehead atoms. The van der Waals surface area contributed by atoms with Crippen molar-refractivity contribution in [1.82, 2.24) is 9.80 Å². The van der Waals surface area contributed by atoms with Crippen LogP contribution in [0.5, 0.6) is 0 Å². The Morgan fingerprint density at radius 2 is 1.86 bits per heavy atom. The minimum absolute atomic E-state index is 0.106. The van der Waals surface area contributed by atoms with E-state index in [0.29, 0.717) is 0 Å². The third-order valence-corrected chi connectivity index (χ3v) is 3.79. The van der Waals surface area contributed by atoms with Gasteiger partial charge in [-0.3, -0.25) is 9.59 Å². The van der Waals surface area contributed by atoms with Crippen molar-refractivity contribution in [2.45, 2.75) is 66.3 Å². The van der Waals surface area contributed by atoms with Gasteiger partial charge >= 0.3 is 0 Å². The smallest absolute Gasteiger partial charge is 0.226 e. The molecule has 1 heterocycles. The number of hydrogen-bond acceptors (Lipinski definition) is 3. The number of likely N-dealkylation sites (tertiary alicyclic amines) is 1. The van der Waals surface area contributed by atoms with E-state index in [9.17, 15) is 9.59 Å². The molecule has 0 spiro atoms. The van der Waals surface area contributed by atoms with Gasteiger partial charge < -0.3 is 15.5 Å². The zero-order valence-corrected chi connectivity index (χ0v) is 15.7. The van der Waals surface area contributed by atoms with Crippen molar-refractivity contribution in [2.75, 3.05) is 27.2 Å². The maximum atomic E-state index is 12.0. The lowest BCUT2D eigenvalue weighted by Gasteiger charge is -2.36. The van der Waals surface area contributed by atoms with Gasteiger partial charge in [-0.05, 0) is 46.8 Å². The van der Waals surface area contributed by atoms with Crippen LogP contribution in [0.25, 0.3) is 0 Å². The van der Waals surface area contributed by atoms with Gasteiger partial charge in [-0.1, -0.05) is 27.7 Å². The van der Waals surface area contributed by atoms with E-state index < -0.39 is 0 Å². The van der Waals surface area contributed by atoms with E-state index in [1.165, 1.54) is 0 Å². The van der Waals surface area contributed by atoms with Crippen LogP contribution in [0.15, 0.2) is 0 Å². The van der Waals surface area contributed by atoms with Crippen molar-refractivity contribution in [1.29, 1.82) is 0 Å². The maximum absolute atomic E-state index is 12.0. The Hall–Kier alpha value is -1.10. The van der Waals surface area contributed by atoms with Crippen molar-refractivity contribution < 1.29 is 9.59 Å². The van der Waals surface area contributed by atoms with Crippen LogP contribution in [0.1, 0.15) is 60.3 Å². The van der Waals surface area contributed by atoms with Crippen LogP contribution in [-0.2, 0) is 9.59 Å². The fourth-order valence-corrected chi connectivity index (χ4v) is 2.07. The van der Waals surface area contributed by atoms with Gasteiger partial charge in [0.15, 0.2) is 0 Å². The zero-order valence-electron chi connectivity index (χ0n) is 15.7. The predicted molar refractivity (Wildman–Crippen MR) is 93.6 cm³/mol. The van der Waals surface area contributed by atoms with Crippen molar-refractivity contribution >= 4 is 11.8 Å². The van der Waals surface area contributed by atoms with Gasteiger partial charge in [-0.15, -0.1) is 0 Å². The average molecular weight is 316 g/mol. The molecule has 5 heteroatoms. The summed E-state index contributed by atoms with van der Waals surface area (Å²) in [7, 11) is 4.11. The molecule has 0 aromatic heterocycles. The van der Waals surface area contributed by atoms with E-state index in [0.717, 1.165) is 32.4 Å². The maximum Gasteiger partial charge on any atom is 0.226 e. The van der Waals surface area contributed by atoms with E-state index in [2.05, 4.69) is 32.8 Å². The lowest BCUT2D eigenvalue weighted by atomic mass is 9.92. The second kappa shape index (κ2) is 13.6. The molecule has 1 aliphatic heterocycles. The third-order valence-electron chi connectivity index (χ3n) is 3.79. The van der Waals surface area contributed by atoms with Crippen LogP contribution >= 0.6 is 0 Å². The monoisotopic (exact) mass is 315 g/mol. The summed E-state index contributed by atoms with van der Waals surface area (Å²) in [6, 6.07) is 0.271. The normalized spacial score (nSPS) is 18.8. The number of piperidine rings is 1. The molecule has 2 unspecified atom stereocenters. The van der Waals surface area contributed by atoms with Crippen LogP contribution in [0.2, 0.25) is 0 Å². The SMILES string of the molecule is CC.CCC(C)N1CCCC(CC(N)=O)C1=O.CCN(C)C. The first-order valence-electron chi connectivity index (χ1n) is 8.56. The van der Waals surface area contributed by atoms with Gasteiger partial charge in [0, 0.05) is 24.9 Å². The highest BCUT2D eigenvalue weighted by atomic mass is 16.2. The Labute approximate surface area is 137 Å². The summed E-state index contributed by atoms with van der Waals surface area (Å²) in [4.78, 5) is 26.8. The Morgan fingerprint density at radius 3 is 2.23 bits per heavy atom. The number of carbonyl (C=O) groups is 2. The lowest BCUT2D eigenvalue weighted by molar-refractivity contribution is -0.142. The second-order valence-electron chi connectivity index (χ2n) is 5.69. The van der Waals surface area contributed by atoms with E-state index in [1.807, 2.05) is 25.7 Å². The molecule has 2 N–H and O–H groups in total. The van der Waals surface area contributed by atoms with Crippen molar-refractivity contribution in [3.63, 3.8) is 0 Å². The molecule has 0 aromatic carbocycles. The average Bonchev–Trinajstić information content (AvgIpc) is 2.50. The van der Waals surface area contributed by atoms with Crippen LogP contribution in [-0.4, -0.2) is 54.8 Å². The quantitative estimate of drug-likeness (QED) is 0.847. The summed E-state index contributed by atoms with van der Waals surface area (Å²) >= 11 is 0. The van der Waals surface area contributed by atoms with E-state index in [-0.39, 0.29) is 30.2 Å². The fourth-order valence-electron chi connectivity index (χ4n) is 2.07. The standard InChI is InChI=1S/C11H20N2O2.C4H11N.C2H6/c1-3-8(2)13-6-4-5-9(11(13)15)7-10(12)14;1-4-5(2)3;1-2/h8-9H,3-7H2,1-2H3,(H2,12,14);4H2,1-3H3;1-2H3. The molecule has 2 atom stereocenters. The number of primary amides is 1. The number of carbonyl (C=O) groups excluding carboxylic acids is 2. The minimum atomic E-state index is -0.376. The predicted octanol–water partition coefficient (Wildman–Crippen LogP) is 2.49. The highest BCUT2D eigenvalue weighted by Gasteiger charge is 2.31. The molecule has 1 aliphatic rings. The summed E-state index contributed by atoms with van der Waals surface area (Å²) in [6.07, 6.45) is 2.93. The molecule has 0 radical (unpaired) electrons. The van der Waals surface area contributed by atoms with Crippen LogP contribution < -0.4 is 5.73 Å². The molecular formula is C17H37N3O2. The molecule has 0 saturated carbocycles. The summed E-state index contributed by atoms with van der Waals surface area (Å²) in [5.41, 5.74) is 5.13. The Balaban J connectivity index is 0. The number of rotatable bonds is 5. The largest absolute Gasteiger partial charge is 0.370 e. The molecule has 1 saturated heterocycles. The fraction of sp³-hybridized carbons (Fsp3) is 0.882. The Bertz CT molecular complexity index is 306. The summed E-state index contributed by atoms with van der Waals surface area (Å²) in [5.74, 6) is -0.445. The summed E-state index contributed by atoms with van der Waals surface area (Å²) in [6.45, 7) is 12.2. The molecule has 22 heavy (non-hydrogen) atoms. The van der Waals surface area contributed by atoms with Gasteiger partial charge in [0.2, 0.25) is 11.8 Å². The van der Waals surface area contributed by atoms with Gasteiger partial charge in [0.25, 0.3) is 0 Å². The van der Waals surface area contributed by atoms with Crippen LogP contribution in [0.4, 0.5) is 0 Å². The van der Waals surface area contributed by atoms with Crippen LogP contribution in [0, 0.1) is 5.92 Å². The molecule has 2 amide bonds. The van der Waals surface area contributed by atoms with E-state index in [4.69, 9.17) is 5.73 Å². The minimum Gasteiger partial charge on any atom is -0.370 e. The summed E-state index contributed by atoms with van der Waals surface area (Å²) < 4.78 is 0. The highest BCUT2D eigenvalue weighted by Crippen LogP contribution is 2.23. The first-order chi connectivity index (χ1) is 10.3. The molecule has 5 nitrogen and oxygen atoms in total. The Morgan fingerprint density at radius 1 is 1.36 bits per heavy atom. The van der Waals surface area contributed by atoms with Gasteiger partial charge in [-0.2, -0.15) is 0 Å². The van der Waals surface area contributed by atoms with Crippen molar-refractivity contribution in [3.8, 4) is 0 Å². The highest BCUT2D eigenvalue weighted by molar-refractivity contribution is 5.85. The van der Waals surface area contributed by atoms with Gasteiger partial charge in [-0.25, -0.2) is 0 Å². The lowest BCUT2D eigenvalue weighted by Crippen LogP contribution is -2.46. The number of nitrogens with zero attached hydrogens (tertiary/aromatic N) is 2. The molecule has 0 aliphatic carbocycles. The molecule has 132 valence electrons.